The molecule has 2 aromatic carbocycles. The number of fused-ring (bicyclic) bond motifs is 1. The molecule has 3 rings (SSSR count). The van der Waals surface area contributed by atoms with Crippen molar-refractivity contribution in [1.82, 2.24) is 4.98 Å². The third-order valence-corrected chi connectivity index (χ3v) is 4.28. The maximum Gasteiger partial charge on any atom is 0.184 e. The Labute approximate surface area is 126 Å². The van der Waals surface area contributed by atoms with Crippen molar-refractivity contribution in [3.8, 4) is 0 Å². The molecule has 1 aromatic heterocycles. The molecule has 0 amide bonds. The fourth-order valence-electron chi connectivity index (χ4n) is 1.81. The first kappa shape index (κ1) is 13.5. The first-order valence-electron chi connectivity index (χ1n) is 5.86. The minimum atomic E-state index is -0.573. The second-order valence-corrected chi connectivity index (χ2v) is 6.17. The number of hydrogen-bond donors (Lipinski definition) is 1. The summed E-state index contributed by atoms with van der Waals surface area (Å²) in [6.07, 6.45) is 0. The Morgan fingerprint density at radius 3 is 2.80 bits per heavy atom. The van der Waals surface area contributed by atoms with Crippen LogP contribution in [0.3, 0.4) is 0 Å². The van der Waals surface area contributed by atoms with E-state index in [4.69, 9.17) is 0 Å². The largest absolute Gasteiger partial charge is 0.357 e. The first-order valence-corrected chi connectivity index (χ1v) is 7.47. The summed E-state index contributed by atoms with van der Waals surface area (Å²) in [5.74, 6) is -1.13. The summed E-state index contributed by atoms with van der Waals surface area (Å²) in [6, 6.07) is 9.41. The smallest absolute Gasteiger partial charge is 0.184 e. The molecule has 0 spiro atoms. The van der Waals surface area contributed by atoms with Gasteiger partial charge in [-0.3, -0.25) is 0 Å². The summed E-state index contributed by atoms with van der Waals surface area (Å²) in [5, 5.41) is 3.77. The number of anilines is 1. The second kappa shape index (κ2) is 5.46. The van der Waals surface area contributed by atoms with Crippen LogP contribution in [0.2, 0.25) is 0 Å². The lowest BCUT2D eigenvalue weighted by Gasteiger charge is -2.04. The molecule has 0 unspecified atom stereocenters. The van der Waals surface area contributed by atoms with Gasteiger partial charge in [-0.1, -0.05) is 33.3 Å². The van der Waals surface area contributed by atoms with Crippen molar-refractivity contribution in [3.63, 3.8) is 0 Å². The fourth-order valence-corrected chi connectivity index (χ4v) is 3.00. The molecule has 0 aliphatic heterocycles. The van der Waals surface area contributed by atoms with Crippen LogP contribution in [-0.2, 0) is 6.54 Å². The van der Waals surface area contributed by atoms with Gasteiger partial charge in [-0.25, -0.2) is 13.8 Å². The second-order valence-electron chi connectivity index (χ2n) is 4.22. The number of benzene rings is 2. The Morgan fingerprint density at radius 2 is 2.00 bits per heavy atom. The quantitative estimate of drug-likeness (QED) is 0.719. The molecular formula is C14H9BrF2N2S. The standard InChI is InChI=1S/C14H9BrF2N2S/c15-9-2-4-13-12(5-9)19-14(20-13)18-7-8-1-3-10(16)6-11(8)17/h1-6H,7H2,(H,18,19). The maximum absolute atomic E-state index is 13.5. The predicted molar refractivity (Wildman–Crippen MR) is 81.0 cm³/mol. The van der Waals surface area contributed by atoms with Crippen LogP contribution in [0.4, 0.5) is 13.9 Å². The van der Waals surface area contributed by atoms with E-state index >= 15 is 0 Å². The highest BCUT2D eigenvalue weighted by atomic mass is 79.9. The van der Waals surface area contributed by atoms with E-state index in [1.807, 2.05) is 18.2 Å². The van der Waals surface area contributed by atoms with Crippen molar-refractivity contribution in [2.45, 2.75) is 6.54 Å². The van der Waals surface area contributed by atoms with Gasteiger partial charge in [-0.05, 0) is 24.3 Å². The van der Waals surface area contributed by atoms with Crippen LogP contribution in [0, 0.1) is 11.6 Å². The molecule has 0 aliphatic rings. The number of thiazole rings is 1. The maximum atomic E-state index is 13.5. The highest BCUT2D eigenvalue weighted by molar-refractivity contribution is 9.10. The predicted octanol–water partition coefficient (Wildman–Crippen LogP) is 4.95. The van der Waals surface area contributed by atoms with Gasteiger partial charge in [0, 0.05) is 22.6 Å². The van der Waals surface area contributed by atoms with Gasteiger partial charge >= 0.3 is 0 Å². The molecule has 20 heavy (non-hydrogen) atoms. The lowest BCUT2D eigenvalue weighted by atomic mass is 10.2. The molecule has 1 heterocycles. The zero-order chi connectivity index (χ0) is 14.1. The normalized spacial score (nSPS) is 10.9. The minimum Gasteiger partial charge on any atom is -0.357 e. The number of halogens is 3. The molecule has 2 nitrogen and oxygen atoms in total. The molecule has 0 aliphatic carbocycles. The van der Waals surface area contributed by atoms with Crippen LogP contribution in [0.25, 0.3) is 10.2 Å². The summed E-state index contributed by atoms with van der Waals surface area (Å²) < 4.78 is 28.3. The molecule has 1 N–H and O–H groups in total. The van der Waals surface area contributed by atoms with Crippen LogP contribution in [0.5, 0.6) is 0 Å². The van der Waals surface area contributed by atoms with Crippen LogP contribution in [0.1, 0.15) is 5.56 Å². The van der Waals surface area contributed by atoms with E-state index in [1.165, 1.54) is 23.5 Å². The zero-order valence-corrected chi connectivity index (χ0v) is 12.6. The molecule has 0 saturated carbocycles. The first-order chi connectivity index (χ1) is 9.61. The van der Waals surface area contributed by atoms with Crippen LogP contribution in [0.15, 0.2) is 40.9 Å². The van der Waals surface area contributed by atoms with E-state index in [9.17, 15) is 8.78 Å². The van der Waals surface area contributed by atoms with Crippen LogP contribution >= 0.6 is 27.3 Å². The zero-order valence-electron chi connectivity index (χ0n) is 10.2. The van der Waals surface area contributed by atoms with Gasteiger partial charge in [-0.15, -0.1) is 0 Å². The lowest BCUT2D eigenvalue weighted by Crippen LogP contribution is -2.01. The van der Waals surface area contributed by atoms with E-state index in [2.05, 4.69) is 26.2 Å². The Hall–Kier alpha value is -1.53. The topological polar surface area (TPSA) is 24.9 Å². The highest BCUT2D eigenvalue weighted by Crippen LogP contribution is 2.28. The molecule has 102 valence electrons. The van der Waals surface area contributed by atoms with Gasteiger partial charge < -0.3 is 5.32 Å². The third-order valence-electron chi connectivity index (χ3n) is 2.79. The number of hydrogen-bond acceptors (Lipinski definition) is 3. The van der Waals surface area contributed by atoms with E-state index in [0.29, 0.717) is 10.7 Å². The average Bonchev–Trinajstić information content (AvgIpc) is 2.79. The van der Waals surface area contributed by atoms with Crippen molar-refractivity contribution in [2.24, 2.45) is 0 Å². The van der Waals surface area contributed by atoms with Gasteiger partial charge in [0.05, 0.1) is 10.2 Å². The molecule has 0 atom stereocenters. The molecule has 0 saturated heterocycles. The number of nitrogens with zero attached hydrogens (tertiary/aromatic N) is 1. The summed E-state index contributed by atoms with van der Waals surface area (Å²) >= 11 is 4.89. The van der Waals surface area contributed by atoms with Crippen molar-refractivity contribution >= 4 is 42.6 Å². The van der Waals surface area contributed by atoms with Crippen molar-refractivity contribution in [2.75, 3.05) is 5.32 Å². The monoisotopic (exact) mass is 354 g/mol. The fraction of sp³-hybridized carbons (Fsp3) is 0.0714. The van der Waals surface area contributed by atoms with Gasteiger partial charge in [0.15, 0.2) is 5.13 Å². The van der Waals surface area contributed by atoms with Gasteiger partial charge in [0.1, 0.15) is 11.6 Å². The molecule has 0 radical (unpaired) electrons. The van der Waals surface area contributed by atoms with Gasteiger partial charge in [0.2, 0.25) is 0 Å². The number of aromatic nitrogens is 1. The Balaban J connectivity index is 1.79. The summed E-state index contributed by atoms with van der Waals surface area (Å²) in [4.78, 5) is 4.42. The molecule has 3 aromatic rings. The number of nitrogens with one attached hydrogen (secondary N) is 1. The molecule has 0 bridgehead atoms. The van der Waals surface area contributed by atoms with Crippen LogP contribution < -0.4 is 5.32 Å². The van der Waals surface area contributed by atoms with Gasteiger partial charge in [0.25, 0.3) is 0 Å². The van der Waals surface area contributed by atoms with Crippen molar-refractivity contribution in [1.29, 1.82) is 0 Å². The van der Waals surface area contributed by atoms with Crippen molar-refractivity contribution in [3.05, 3.63) is 58.1 Å². The minimum absolute atomic E-state index is 0.271. The van der Waals surface area contributed by atoms with E-state index < -0.39 is 11.6 Å². The third kappa shape index (κ3) is 2.81. The Morgan fingerprint density at radius 1 is 1.15 bits per heavy atom. The molecule has 6 heteroatoms. The highest BCUT2D eigenvalue weighted by Gasteiger charge is 2.07. The van der Waals surface area contributed by atoms with Crippen LogP contribution in [-0.4, -0.2) is 4.98 Å². The summed E-state index contributed by atoms with van der Waals surface area (Å²) in [6.45, 7) is 0.271. The Bertz CT molecular complexity index is 773. The Kier molecular flexibility index (Phi) is 3.67. The summed E-state index contributed by atoms with van der Waals surface area (Å²) in [7, 11) is 0. The molecule has 0 fully saturated rings. The van der Waals surface area contributed by atoms with Crippen molar-refractivity contribution < 1.29 is 8.78 Å². The van der Waals surface area contributed by atoms with E-state index in [-0.39, 0.29) is 6.54 Å². The molecular weight excluding hydrogens is 346 g/mol. The SMILES string of the molecule is Fc1ccc(CNc2nc3cc(Br)ccc3s2)c(F)c1. The number of rotatable bonds is 3. The lowest BCUT2D eigenvalue weighted by molar-refractivity contribution is 0.574. The van der Waals surface area contributed by atoms with E-state index in [1.54, 1.807) is 0 Å². The average molecular weight is 355 g/mol. The summed E-state index contributed by atoms with van der Waals surface area (Å²) in [5.41, 5.74) is 1.29. The van der Waals surface area contributed by atoms with Gasteiger partial charge in [-0.2, -0.15) is 0 Å². The van der Waals surface area contributed by atoms with E-state index in [0.717, 1.165) is 20.8 Å².